The van der Waals surface area contributed by atoms with E-state index in [2.05, 4.69) is 24.3 Å². The Hall–Kier alpha value is -1.20. The van der Waals surface area contributed by atoms with Crippen LogP contribution in [0, 0.1) is 6.92 Å². The van der Waals surface area contributed by atoms with E-state index in [0.29, 0.717) is 6.04 Å². The smallest absolute Gasteiger partial charge is 0.127 e. The molecule has 108 valence electrons. The van der Waals surface area contributed by atoms with Gasteiger partial charge in [0.25, 0.3) is 0 Å². The minimum absolute atomic E-state index is 0.502. The van der Waals surface area contributed by atoms with Crippen LogP contribution in [0.25, 0.3) is 10.6 Å². The molecule has 0 amide bonds. The Balaban J connectivity index is 1.93. The maximum Gasteiger partial charge on any atom is 0.127 e. The van der Waals surface area contributed by atoms with Crippen LogP contribution >= 0.6 is 11.3 Å². The van der Waals surface area contributed by atoms with Crippen molar-refractivity contribution in [1.82, 2.24) is 20.1 Å². The van der Waals surface area contributed by atoms with Crippen LogP contribution in [0.1, 0.15) is 48.5 Å². The maximum atomic E-state index is 4.88. The Bertz CT molecular complexity index is 599. The molecular formula is C15H22N4S. The Morgan fingerprint density at radius 1 is 1.50 bits per heavy atom. The van der Waals surface area contributed by atoms with Gasteiger partial charge in [-0.3, -0.25) is 4.68 Å². The minimum Gasteiger partial charge on any atom is -0.309 e. The van der Waals surface area contributed by atoms with Crippen molar-refractivity contribution in [2.45, 2.75) is 45.6 Å². The normalized spacial score (nSPS) is 18.2. The van der Waals surface area contributed by atoms with Gasteiger partial charge in [0.1, 0.15) is 5.01 Å². The largest absolute Gasteiger partial charge is 0.309 e. The highest BCUT2D eigenvalue weighted by atomic mass is 32.1. The predicted octanol–water partition coefficient (Wildman–Crippen LogP) is 3.23. The summed E-state index contributed by atoms with van der Waals surface area (Å²) in [6.45, 7) is 5.41. The van der Waals surface area contributed by atoms with Crippen molar-refractivity contribution < 1.29 is 0 Å². The number of aromatic nitrogens is 3. The number of nitrogens with zero attached hydrogens (tertiary/aromatic N) is 3. The number of thiazole rings is 1. The lowest BCUT2D eigenvalue weighted by Gasteiger charge is -2.22. The average Bonchev–Trinajstić information content (AvgIpc) is 3.01. The number of rotatable bonds is 4. The second-order valence-electron chi connectivity index (χ2n) is 5.50. The van der Waals surface area contributed by atoms with Crippen LogP contribution in [-0.2, 0) is 13.5 Å². The van der Waals surface area contributed by atoms with Crippen molar-refractivity contribution in [3.8, 4) is 10.6 Å². The van der Waals surface area contributed by atoms with Crippen LogP contribution in [0.15, 0.2) is 6.20 Å². The lowest BCUT2D eigenvalue weighted by atomic mass is 9.98. The molecule has 0 aromatic carbocycles. The quantitative estimate of drug-likeness (QED) is 0.940. The molecule has 20 heavy (non-hydrogen) atoms. The van der Waals surface area contributed by atoms with Crippen LogP contribution < -0.4 is 5.32 Å². The third-order valence-electron chi connectivity index (χ3n) is 4.06. The molecule has 0 saturated heterocycles. The molecule has 1 aliphatic rings. The molecule has 3 rings (SSSR count). The second kappa shape index (κ2) is 5.66. The highest BCUT2D eigenvalue weighted by molar-refractivity contribution is 7.15. The molecule has 0 aliphatic heterocycles. The molecule has 4 nitrogen and oxygen atoms in total. The summed E-state index contributed by atoms with van der Waals surface area (Å²) in [4.78, 5) is 6.33. The first-order valence-electron chi connectivity index (χ1n) is 7.42. The molecule has 2 heterocycles. The molecule has 1 aliphatic carbocycles. The SMILES string of the molecule is CCCNC1CCCc2nc(-c3cnn(C)c3C)sc21. The van der Waals surface area contributed by atoms with Crippen LogP contribution in [0.5, 0.6) is 0 Å². The number of fused-ring (bicyclic) bond motifs is 1. The van der Waals surface area contributed by atoms with Gasteiger partial charge < -0.3 is 5.32 Å². The monoisotopic (exact) mass is 290 g/mol. The minimum atomic E-state index is 0.502. The summed E-state index contributed by atoms with van der Waals surface area (Å²) in [7, 11) is 1.98. The van der Waals surface area contributed by atoms with Gasteiger partial charge in [0.2, 0.25) is 0 Å². The number of hydrogen-bond donors (Lipinski definition) is 1. The molecule has 0 bridgehead atoms. The van der Waals surface area contributed by atoms with Crippen LogP contribution in [0.3, 0.4) is 0 Å². The first-order chi connectivity index (χ1) is 9.70. The van der Waals surface area contributed by atoms with Crippen molar-refractivity contribution >= 4 is 11.3 Å². The Kier molecular flexibility index (Phi) is 3.89. The molecule has 0 radical (unpaired) electrons. The Morgan fingerprint density at radius 3 is 3.05 bits per heavy atom. The van der Waals surface area contributed by atoms with Crippen LogP contribution in [-0.4, -0.2) is 21.3 Å². The number of hydrogen-bond acceptors (Lipinski definition) is 4. The molecule has 0 saturated carbocycles. The van der Waals surface area contributed by atoms with Gasteiger partial charge in [0.15, 0.2) is 0 Å². The van der Waals surface area contributed by atoms with Crippen molar-refractivity contribution in [2.24, 2.45) is 7.05 Å². The van der Waals surface area contributed by atoms with Crippen molar-refractivity contribution in [3.63, 3.8) is 0 Å². The molecule has 2 aromatic heterocycles. The summed E-state index contributed by atoms with van der Waals surface area (Å²) in [6, 6.07) is 0.502. The third-order valence-corrected chi connectivity index (χ3v) is 5.30. The van der Waals surface area contributed by atoms with Crippen molar-refractivity contribution in [2.75, 3.05) is 6.54 Å². The lowest BCUT2D eigenvalue weighted by Crippen LogP contribution is -2.24. The van der Waals surface area contributed by atoms with Crippen molar-refractivity contribution in [1.29, 1.82) is 0 Å². The van der Waals surface area contributed by atoms with E-state index >= 15 is 0 Å². The summed E-state index contributed by atoms with van der Waals surface area (Å²) >= 11 is 1.85. The van der Waals surface area contributed by atoms with Gasteiger partial charge in [-0.25, -0.2) is 4.98 Å². The highest BCUT2D eigenvalue weighted by Crippen LogP contribution is 2.38. The molecular weight excluding hydrogens is 268 g/mol. The Labute approximate surface area is 124 Å². The third kappa shape index (κ3) is 2.40. The molecule has 0 fully saturated rings. The van der Waals surface area contributed by atoms with E-state index in [0.717, 1.165) is 18.0 Å². The fourth-order valence-corrected chi connectivity index (χ4v) is 4.04. The van der Waals surface area contributed by atoms with Gasteiger partial charge in [-0.15, -0.1) is 11.3 Å². The molecule has 1 N–H and O–H groups in total. The predicted molar refractivity (Wildman–Crippen MR) is 83.0 cm³/mol. The summed E-state index contributed by atoms with van der Waals surface area (Å²) in [5, 5.41) is 9.13. The van der Waals surface area contributed by atoms with E-state index in [9.17, 15) is 0 Å². The zero-order valence-electron chi connectivity index (χ0n) is 12.4. The molecule has 1 atom stereocenters. The second-order valence-corrected chi connectivity index (χ2v) is 6.53. The molecule has 2 aromatic rings. The zero-order valence-corrected chi connectivity index (χ0v) is 13.3. The lowest BCUT2D eigenvalue weighted by molar-refractivity contribution is 0.465. The summed E-state index contributed by atoms with van der Waals surface area (Å²) < 4.78 is 1.92. The maximum absolute atomic E-state index is 4.88. The first-order valence-corrected chi connectivity index (χ1v) is 8.24. The van der Waals surface area contributed by atoms with Crippen LogP contribution in [0.2, 0.25) is 0 Å². The van der Waals surface area contributed by atoms with E-state index in [-0.39, 0.29) is 0 Å². The zero-order chi connectivity index (χ0) is 14.1. The number of nitrogens with one attached hydrogen (secondary N) is 1. The summed E-state index contributed by atoms with van der Waals surface area (Å²) in [6.07, 6.45) is 6.72. The van der Waals surface area contributed by atoms with Gasteiger partial charge in [0, 0.05) is 23.7 Å². The molecule has 0 spiro atoms. The topological polar surface area (TPSA) is 42.7 Å². The highest BCUT2D eigenvalue weighted by Gasteiger charge is 2.25. The molecule has 1 unspecified atom stereocenters. The summed E-state index contributed by atoms with van der Waals surface area (Å²) in [5.74, 6) is 0. The standard InChI is InChI=1S/C15H22N4S/c1-4-8-16-12-6-5-7-13-14(12)20-15(18-13)11-9-17-19(3)10(11)2/h9,12,16H,4-8H2,1-3H3. The first kappa shape index (κ1) is 13.8. The fourth-order valence-electron chi connectivity index (χ4n) is 2.76. The van der Waals surface area contributed by atoms with E-state index in [1.807, 2.05) is 29.3 Å². The van der Waals surface area contributed by atoms with Gasteiger partial charge in [-0.05, 0) is 39.2 Å². The van der Waals surface area contributed by atoms with Gasteiger partial charge in [-0.2, -0.15) is 5.10 Å². The fraction of sp³-hybridized carbons (Fsp3) is 0.600. The van der Waals surface area contributed by atoms with Crippen LogP contribution in [0.4, 0.5) is 0 Å². The van der Waals surface area contributed by atoms with E-state index in [1.54, 1.807) is 0 Å². The van der Waals surface area contributed by atoms with E-state index in [1.165, 1.54) is 41.1 Å². The Morgan fingerprint density at radius 2 is 2.35 bits per heavy atom. The summed E-state index contributed by atoms with van der Waals surface area (Å²) in [5.41, 5.74) is 3.67. The van der Waals surface area contributed by atoms with Crippen molar-refractivity contribution in [3.05, 3.63) is 22.5 Å². The van der Waals surface area contributed by atoms with E-state index in [4.69, 9.17) is 4.98 Å². The average molecular weight is 290 g/mol. The van der Waals surface area contributed by atoms with Gasteiger partial charge in [-0.1, -0.05) is 6.92 Å². The van der Waals surface area contributed by atoms with E-state index < -0.39 is 0 Å². The van der Waals surface area contributed by atoms with Gasteiger partial charge >= 0.3 is 0 Å². The van der Waals surface area contributed by atoms with Gasteiger partial charge in [0.05, 0.1) is 17.5 Å². The molecule has 5 heteroatoms. The number of aryl methyl sites for hydroxylation is 2.